The molecule has 2 saturated heterocycles. The first-order chi connectivity index (χ1) is 7.27. The van der Waals surface area contributed by atoms with E-state index >= 15 is 0 Å². The number of nitrogens with one attached hydrogen (secondary N) is 1. The van der Waals surface area contributed by atoms with Gasteiger partial charge in [-0.15, -0.1) is 0 Å². The summed E-state index contributed by atoms with van der Waals surface area (Å²) >= 11 is 0. The van der Waals surface area contributed by atoms with Crippen LogP contribution in [-0.2, 0) is 14.3 Å². The summed E-state index contributed by atoms with van der Waals surface area (Å²) in [5.74, 6) is -0.119. The predicted molar refractivity (Wildman–Crippen MR) is 52.3 cm³/mol. The largest absolute Gasteiger partial charge is 0.395 e. The van der Waals surface area contributed by atoms with E-state index < -0.39 is 5.41 Å². The molecule has 0 bridgehead atoms. The molecule has 2 rings (SSSR count). The Morgan fingerprint density at radius 1 is 1.53 bits per heavy atom. The van der Waals surface area contributed by atoms with Crippen LogP contribution in [-0.4, -0.2) is 50.1 Å². The lowest BCUT2D eigenvalue weighted by Crippen LogP contribution is -2.57. The Kier molecular flexibility index (Phi) is 3.23. The lowest BCUT2D eigenvalue weighted by Gasteiger charge is -2.38. The van der Waals surface area contributed by atoms with Gasteiger partial charge in [-0.1, -0.05) is 0 Å². The Morgan fingerprint density at radius 3 is 2.80 bits per heavy atom. The zero-order valence-corrected chi connectivity index (χ0v) is 8.70. The number of aliphatic hydroxyl groups is 1. The van der Waals surface area contributed by atoms with E-state index in [1.807, 2.05) is 0 Å². The van der Waals surface area contributed by atoms with Crippen LogP contribution in [0.4, 0.5) is 0 Å². The van der Waals surface area contributed by atoms with Gasteiger partial charge in [0.15, 0.2) is 0 Å². The highest BCUT2D eigenvalue weighted by Gasteiger charge is 2.45. The Morgan fingerprint density at radius 2 is 2.33 bits per heavy atom. The van der Waals surface area contributed by atoms with Gasteiger partial charge in [-0.2, -0.15) is 0 Å². The molecule has 86 valence electrons. The smallest absolute Gasteiger partial charge is 0.233 e. The van der Waals surface area contributed by atoms with Crippen LogP contribution in [0, 0.1) is 5.41 Å². The summed E-state index contributed by atoms with van der Waals surface area (Å²) in [6, 6.07) is 0. The number of hydrogen-bond donors (Lipinski definition) is 2. The summed E-state index contributed by atoms with van der Waals surface area (Å²) in [5, 5.41) is 11.9. The van der Waals surface area contributed by atoms with Gasteiger partial charge in [-0.3, -0.25) is 4.79 Å². The van der Waals surface area contributed by atoms with E-state index in [4.69, 9.17) is 14.6 Å². The van der Waals surface area contributed by atoms with Crippen molar-refractivity contribution in [2.24, 2.45) is 5.41 Å². The lowest BCUT2D eigenvalue weighted by molar-refractivity contribution is -0.170. The van der Waals surface area contributed by atoms with Crippen molar-refractivity contribution < 1.29 is 19.4 Å². The second-order valence-electron chi connectivity index (χ2n) is 4.28. The first-order valence-corrected chi connectivity index (χ1v) is 5.35. The first kappa shape index (κ1) is 10.9. The number of carbonyl (C=O) groups is 1. The standard InChI is InChI=1S/C10H17NO4/c12-5-10(6-14-7-10)9(13)11-4-8-2-1-3-15-8/h8,12H,1-7H2,(H,11,13). The van der Waals surface area contributed by atoms with Gasteiger partial charge in [0.2, 0.25) is 5.91 Å². The van der Waals surface area contributed by atoms with Crippen molar-refractivity contribution in [3.8, 4) is 0 Å². The highest BCUT2D eigenvalue weighted by molar-refractivity contribution is 5.83. The summed E-state index contributed by atoms with van der Waals surface area (Å²) in [6.07, 6.45) is 2.21. The van der Waals surface area contributed by atoms with Crippen LogP contribution in [0.5, 0.6) is 0 Å². The van der Waals surface area contributed by atoms with Crippen LogP contribution in [0.1, 0.15) is 12.8 Å². The molecule has 0 aromatic rings. The van der Waals surface area contributed by atoms with E-state index in [1.165, 1.54) is 0 Å². The molecule has 0 spiro atoms. The molecule has 2 aliphatic rings. The van der Waals surface area contributed by atoms with Crippen molar-refractivity contribution in [2.75, 3.05) is 33.0 Å². The number of carbonyl (C=O) groups excluding carboxylic acids is 1. The average Bonchev–Trinajstić information content (AvgIpc) is 2.66. The third-order valence-electron chi connectivity index (χ3n) is 3.06. The van der Waals surface area contributed by atoms with Crippen LogP contribution in [0.15, 0.2) is 0 Å². The van der Waals surface area contributed by atoms with Gasteiger partial charge in [-0.05, 0) is 12.8 Å². The van der Waals surface area contributed by atoms with Crippen LogP contribution >= 0.6 is 0 Å². The zero-order valence-electron chi connectivity index (χ0n) is 8.70. The molecule has 2 N–H and O–H groups in total. The van der Waals surface area contributed by atoms with Crippen LogP contribution < -0.4 is 5.32 Å². The minimum absolute atomic E-state index is 0.119. The molecule has 15 heavy (non-hydrogen) atoms. The maximum atomic E-state index is 11.7. The third-order valence-corrected chi connectivity index (χ3v) is 3.06. The summed E-state index contributed by atoms with van der Waals surface area (Å²) in [7, 11) is 0. The number of rotatable bonds is 4. The monoisotopic (exact) mass is 215 g/mol. The molecule has 1 atom stereocenters. The van der Waals surface area contributed by atoms with E-state index in [2.05, 4.69) is 5.32 Å². The third kappa shape index (κ3) is 2.14. The van der Waals surface area contributed by atoms with Gasteiger partial charge in [0.1, 0.15) is 5.41 Å². The van der Waals surface area contributed by atoms with Crippen LogP contribution in [0.25, 0.3) is 0 Å². The minimum atomic E-state index is -0.696. The molecular formula is C10H17NO4. The molecule has 5 heteroatoms. The second kappa shape index (κ2) is 4.47. The highest BCUT2D eigenvalue weighted by Crippen LogP contribution is 2.26. The molecule has 2 heterocycles. The van der Waals surface area contributed by atoms with Gasteiger partial charge >= 0.3 is 0 Å². The molecule has 1 unspecified atom stereocenters. The molecular weight excluding hydrogens is 198 g/mol. The van der Waals surface area contributed by atoms with Crippen molar-refractivity contribution in [3.05, 3.63) is 0 Å². The fourth-order valence-electron chi connectivity index (χ4n) is 1.84. The van der Waals surface area contributed by atoms with E-state index in [-0.39, 0.29) is 18.6 Å². The number of ether oxygens (including phenoxy) is 2. The Bertz CT molecular complexity index is 228. The van der Waals surface area contributed by atoms with E-state index in [9.17, 15) is 4.79 Å². The molecule has 0 aromatic heterocycles. The quantitative estimate of drug-likeness (QED) is 0.650. The topological polar surface area (TPSA) is 67.8 Å². The molecule has 0 saturated carbocycles. The molecule has 5 nitrogen and oxygen atoms in total. The number of amides is 1. The summed E-state index contributed by atoms with van der Waals surface area (Å²) < 4.78 is 10.4. The Labute approximate surface area is 88.7 Å². The first-order valence-electron chi connectivity index (χ1n) is 5.35. The van der Waals surface area contributed by atoms with Gasteiger partial charge in [0, 0.05) is 13.2 Å². The fraction of sp³-hybridized carbons (Fsp3) is 0.900. The molecule has 0 aromatic carbocycles. The fourth-order valence-corrected chi connectivity index (χ4v) is 1.84. The van der Waals surface area contributed by atoms with Crippen molar-refractivity contribution in [2.45, 2.75) is 18.9 Å². The lowest BCUT2D eigenvalue weighted by atomic mass is 9.86. The van der Waals surface area contributed by atoms with E-state index in [1.54, 1.807) is 0 Å². The van der Waals surface area contributed by atoms with Gasteiger partial charge < -0.3 is 19.9 Å². The van der Waals surface area contributed by atoms with Gasteiger partial charge in [0.25, 0.3) is 0 Å². The molecule has 0 aliphatic carbocycles. The van der Waals surface area contributed by atoms with Gasteiger partial charge in [0.05, 0.1) is 25.9 Å². The van der Waals surface area contributed by atoms with Gasteiger partial charge in [-0.25, -0.2) is 0 Å². The Balaban J connectivity index is 1.76. The van der Waals surface area contributed by atoms with Crippen molar-refractivity contribution in [3.63, 3.8) is 0 Å². The summed E-state index contributed by atoms with van der Waals surface area (Å²) in [6.45, 7) is 1.82. The van der Waals surface area contributed by atoms with E-state index in [0.29, 0.717) is 19.8 Å². The van der Waals surface area contributed by atoms with Crippen LogP contribution in [0.2, 0.25) is 0 Å². The summed E-state index contributed by atoms with van der Waals surface area (Å²) in [4.78, 5) is 11.7. The normalized spacial score (nSPS) is 28.5. The van der Waals surface area contributed by atoms with Crippen molar-refractivity contribution >= 4 is 5.91 Å². The number of hydrogen-bond acceptors (Lipinski definition) is 4. The highest BCUT2D eigenvalue weighted by atomic mass is 16.5. The molecule has 2 aliphatic heterocycles. The van der Waals surface area contributed by atoms with Crippen molar-refractivity contribution in [1.82, 2.24) is 5.32 Å². The van der Waals surface area contributed by atoms with E-state index in [0.717, 1.165) is 19.4 Å². The van der Waals surface area contributed by atoms with Crippen LogP contribution in [0.3, 0.4) is 0 Å². The molecule has 1 amide bonds. The summed E-state index contributed by atoms with van der Waals surface area (Å²) in [5.41, 5.74) is -0.696. The number of aliphatic hydroxyl groups excluding tert-OH is 1. The predicted octanol–water partition coefficient (Wildman–Crippen LogP) is -0.710. The molecule has 2 fully saturated rings. The zero-order chi connectivity index (χ0) is 10.7. The SMILES string of the molecule is O=C(NCC1CCCO1)C1(CO)COC1. The van der Waals surface area contributed by atoms with Crippen molar-refractivity contribution in [1.29, 1.82) is 0 Å². The maximum Gasteiger partial charge on any atom is 0.233 e. The maximum absolute atomic E-state index is 11.7. The average molecular weight is 215 g/mol. The Hall–Kier alpha value is -0.650. The minimum Gasteiger partial charge on any atom is -0.395 e. The second-order valence-corrected chi connectivity index (χ2v) is 4.28. The molecule has 0 radical (unpaired) electrons.